The highest BCUT2D eigenvalue weighted by atomic mass is 19.1. The summed E-state index contributed by atoms with van der Waals surface area (Å²) in [6.45, 7) is 2.20. The summed E-state index contributed by atoms with van der Waals surface area (Å²) >= 11 is 0. The van der Waals surface area contributed by atoms with E-state index in [1.165, 1.54) is 37.5 Å². The molecule has 150 valence electrons. The third-order valence-electron chi connectivity index (χ3n) is 3.94. The minimum Gasteiger partial charge on any atom is -0.493 e. The van der Waals surface area contributed by atoms with Gasteiger partial charge in [0.05, 0.1) is 7.11 Å². The molecule has 0 atom stereocenters. The number of aliphatic imine (C=N–C) groups is 1. The number of halogens is 1. The highest BCUT2D eigenvalue weighted by Crippen LogP contribution is 2.29. The molecule has 2 aromatic rings. The standard InChI is InChI=1S/C21H19FN2O5/c1-3-23-19(25)12-28-17-9-4-13(11-18(17)27-2)10-16-21(26)29-20(24-16)14-5-7-15(22)8-6-14/h4-11H,3,12H2,1-2H3,(H,23,25)/b16-10-. The number of cyclic esters (lactones) is 1. The number of carbonyl (C=O) groups excluding carboxylic acids is 2. The molecule has 0 radical (unpaired) electrons. The summed E-state index contributed by atoms with van der Waals surface area (Å²) in [6, 6.07) is 10.5. The molecule has 0 saturated carbocycles. The molecule has 2 aromatic carbocycles. The lowest BCUT2D eigenvalue weighted by Gasteiger charge is -2.11. The van der Waals surface area contributed by atoms with E-state index in [1.807, 2.05) is 6.92 Å². The van der Waals surface area contributed by atoms with Crippen LogP contribution in [0.5, 0.6) is 11.5 Å². The van der Waals surface area contributed by atoms with E-state index in [4.69, 9.17) is 14.2 Å². The van der Waals surface area contributed by atoms with E-state index in [-0.39, 0.29) is 24.1 Å². The first-order valence-corrected chi connectivity index (χ1v) is 8.86. The average molecular weight is 398 g/mol. The smallest absolute Gasteiger partial charge is 0.363 e. The minimum atomic E-state index is -0.611. The number of nitrogens with zero attached hydrogens (tertiary/aromatic N) is 1. The highest BCUT2D eigenvalue weighted by molar-refractivity contribution is 6.12. The molecule has 0 saturated heterocycles. The van der Waals surface area contributed by atoms with Crippen LogP contribution in [0.15, 0.2) is 53.2 Å². The first-order valence-electron chi connectivity index (χ1n) is 8.86. The molecule has 0 aliphatic carbocycles. The Bertz CT molecular complexity index is 983. The van der Waals surface area contributed by atoms with Gasteiger partial charge in [-0.2, -0.15) is 0 Å². The van der Waals surface area contributed by atoms with Gasteiger partial charge in [-0.25, -0.2) is 14.2 Å². The SMILES string of the molecule is CCNC(=O)COc1ccc(/C=C2\N=C(c3ccc(F)cc3)OC2=O)cc1OC. The Morgan fingerprint density at radius 1 is 1.21 bits per heavy atom. The van der Waals surface area contributed by atoms with Gasteiger partial charge < -0.3 is 19.5 Å². The molecular formula is C21H19FN2O5. The van der Waals surface area contributed by atoms with Crippen LogP contribution in [-0.2, 0) is 14.3 Å². The number of ether oxygens (including phenoxy) is 3. The van der Waals surface area contributed by atoms with Crippen molar-refractivity contribution in [3.8, 4) is 11.5 Å². The maximum Gasteiger partial charge on any atom is 0.363 e. The third kappa shape index (κ3) is 4.98. The third-order valence-corrected chi connectivity index (χ3v) is 3.94. The molecule has 7 nitrogen and oxygen atoms in total. The lowest BCUT2D eigenvalue weighted by molar-refractivity contribution is -0.130. The molecule has 3 rings (SSSR count). The molecule has 1 amide bonds. The summed E-state index contributed by atoms with van der Waals surface area (Å²) in [7, 11) is 1.47. The van der Waals surface area contributed by atoms with Gasteiger partial charge in [0.1, 0.15) is 5.82 Å². The predicted octanol–water partition coefficient (Wildman–Crippen LogP) is 2.69. The quantitative estimate of drug-likeness (QED) is 0.573. The number of likely N-dealkylation sites (N-methyl/N-ethyl adjacent to an activating group) is 1. The van der Waals surface area contributed by atoms with Gasteiger partial charge in [-0.15, -0.1) is 0 Å². The molecule has 0 unspecified atom stereocenters. The molecule has 1 aliphatic heterocycles. The average Bonchev–Trinajstić information content (AvgIpc) is 3.08. The van der Waals surface area contributed by atoms with Gasteiger partial charge >= 0.3 is 5.97 Å². The van der Waals surface area contributed by atoms with Gasteiger partial charge in [0.15, 0.2) is 23.8 Å². The first kappa shape index (κ1) is 20.1. The molecule has 29 heavy (non-hydrogen) atoms. The van der Waals surface area contributed by atoms with Gasteiger partial charge in [-0.3, -0.25) is 4.79 Å². The van der Waals surface area contributed by atoms with E-state index in [0.29, 0.717) is 29.2 Å². The van der Waals surface area contributed by atoms with Gasteiger partial charge in [-0.05, 0) is 55.0 Å². The van der Waals surface area contributed by atoms with Crippen LogP contribution in [0.3, 0.4) is 0 Å². The number of rotatable bonds is 7. The summed E-state index contributed by atoms with van der Waals surface area (Å²) in [5, 5.41) is 2.64. The molecule has 1 N–H and O–H groups in total. The zero-order chi connectivity index (χ0) is 20.8. The van der Waals surface area contributed by atoms with Crippen LogP contribution < -0.4 is 14.8 Å². The number of amides is 1. The van der Waals surface area contributed by atoms with E-state index < -0.39 is 11.8 Å². The summed E-state index contributed by atoms with van der Waals surface area (Å²) in [5.41, 5.74) is 1.22. The number of benzene rings is 2. The summed E-state index contributed by atoms with van der Waals surface area (Å²) in [4.78, 5) is 27.8. The van der Waals surface area contributed by atoms with Gasteiger partial charge in [0, 0.05) is 12.1 Å². The van der Waals surface area contributed by atoms with Gasteiger partial charge in [0.25, 0.3) is 5.91 Å². The number of nitrogens with one attached hydrogen (secondary N) is 1. The number of carbonyl (C=O) groups is 2. The van der Waals surface area contributed by atoms with E-state index in [9.17, 15) is 14.0 Å². The van der Waals surface area contributed by atoms with Crippen LogP contribution in [0.1, 0.15) is 18.1 Å². The topological polar surface area (TPSA) is 86.2 Å². The highest BCUT2D eigenvalue weighted by Gasteiger charge is 2.24. The molecule has 0 spiro atoms. The number of hydrogen-bond donors (Lipinski definition) is 1. The Kier molecular flexibility index (Phi) is 6.23. The Morgan fingerprint density at radius 2 is 1.97 bits per heavy atom. The fourth-order valence-electron chi connectivity index (χ4n) is 2.57. The second-order valence-corrected chi connectivity index (χ2v) is 6.00. The second kappa shape index (κ2) is 9.01. The normalized spacial score (nSPS) is 14.4. The van der Waals surface area contributed by atoms with E-state index >= 15 is 0 Å². The van der Waals surface area contributed by atoms with Crippen molar-refractivity contribution in [2.45, 2.75) is 6.92 Å². The van der Waals surface area contributed by atoms with Crippen LogP contribution in [0.25, 0.3) is 6.08 Å². The number of methoxy groups -OCH3 is 1. The zero-order valence-corrected chi connectivity index (χ0v) is 15.9. The minimum absolute atomic E-state index is 0.0994. The number of hydrogen-bond acceptors (Lipinski definition) is 6. The summed E-state index contributed by atoms with van der Waals surface area (Å²) < 4.78 is 29.0. The van der Waals surface area contributed by atoms with E-state index in [0.717, 1.165) is 0 Å². The first-order chi connectivity index (χ1) is 14.0. The molecule has 1 aliphatic rings. The Labute approximate surface area is 166 Å². The van der Waals surface area contributed by atoms with Crippen molar-refractivity contribution in [1.29, 1.82) is 0 Å². The van der Waals surface area contributed by atoms with Crippen molar-refractivity contribution >= 4 is 23.9 Å². The van der Waals surface area contributed by atoms with Gasteiger partial charge in [0.2, 0.25) is 5.90 Å². The van der Waals surface area contributed by atoms with Gasteiger partial charge in [-0.1, -0.05) is 6.07 Å². The Morgan fingerprint density at radius 3 is 2.66 bits per heavy atom. The maximum absolute atomic E-state index is 13.1. The molecule has 1 heterocycles. The second-order valence-electron chi connectivity index (χ2n) is 6.00. The van der Waals surface area contributed by atoms with Crippen LogP contribution in [0.4, 0.5) is 4.39 Å². The van der Waals surface area contributed by atoms with Crippen LogP contribution >= 0.6 is 0 Å². The van der Waals surface area contributed by atoms with Crippen molar-refractivity contribution in [1.82, 2.24) is 5.32 Å². The Balaban J connectivity index is 1.79. The molecule has 8 heteroatoms. The molecule has 0 aromatic heterocycles. The summed E-state index contributed by atoms with van der Waals surface area (Å²) in [6.07, 6.45) is 1.54. The maximum atomic E-state index is 13.1. The molecule has 0 bridgehead atoms. The van der Waals surface area contributed by atoms with Crippen molar-refractivity contribution in [2.24, 2.45) is 4.99 Å². The van der Waals surface area contributed by atoms with Crippen LogP contribution in [0, 0.1) is 5.82 Å². The Hall–Kier alpha value is -3.68. The van der Waals surface area contributed by atoms with Crippen molar-refractivity contribution in [3.05, 3.63) is 65.1 Å². The zero-order valence-electron chi connectivity index (χ0n) is 15.9. The lowest BCUT2D eigenvalue weighted by Crippen LogP contribution is -2.28. The van der Waals surface area contributed by atoms with Crippen molar-refractivity contribution < 1.29 is 28.2 Å². The largest absolute Gasteiger partial charge is 0.493 e. The fourth-order valence-corrected chi connectivity index (χ4v) is 2.57. The predicted molar refractivity (Wildman–Crippen MR) is 104 cm³/mol. The molecule has 0 fully saturated rings. The monoisotopic (exact) mass is 398 g/mol. The van der Waals surface area contributed by atoms with E-state index in [1.54, 1.807) is 18.2 Å². The fraction of sp³-hybridized carbons (Fsp3) is 0.190. The lowest BCUT2D eigenvalue weighted by atomic mass is 10.1. The number of esters is 1. The van der Waals surface area contributed by atoms with Crippen LogP contribution in [-0.4, -0.2) is 38.0 Å². The van der Waals surface area contributed by atoms with Crippen molar-refractivity contribution in [3.63, 3.8) is 0 Å². The summed E-state index contributed by atoms with van der Waals surface area (Å²) in [5.74, 6) is -0.341. The van der Waals surface area contributed by atoms with E-state index in [2.05, 4.69) is 10.3 Å². The molecular weight excluding hydrogens is 379 g/mol. The van der Waals surface area contributed by atoms with Crippen molar-refractivity contribution in [2.75, 3.05) is 20.3 Å². The van der Waals surface area contributed by atoms with Crippen LogP contribution in [0.2, 0.25) is 0 Å².